The molecule has 0 radical (unpaired) electrons. The molecule has 4 rings (SSSR count). The van der Waals surface area contributed by atoms with Crippen LogP contribution in [-0.2, 0) is 12.8 Å². The molecule has 0 aliphatic heterocycles. The molecule has 2 aromatic carbocycles. The SMILES string of the molecule is CC.CC.CC(O)C(Cc1ccccc1)n1ncnc1SSc1ncnn1C(Cc1ccccc1)C(C)O. The fraction of sp³-hybridized carbons (Fsp3) is 0.429. The molecule has 2 N–H and O–H groups in total. The standard InChI is InChI=1S/C24H28N6O2S2.2C2H6/c1-17(31)21(13-19-9-5-3-6-10-19)29-23(25-15-27-29)33-34-24-26-16-28-30(24)22(18(2)32)14-20-11-7-4-8-12-20;2*1-2/h3-12,15-18,21-22,31-32H,13-14H2,1-2H3;2*1-2H3. The Balaban J connectivity index is 0.00000121. The predicted octanol–water partition coefficient (Wildman–Crippen LogP) is 6.05. The Hall–Kier alpha value is -2.66. The summed E-state index contributed by atoms with van der Waals surface area (Å²) < 4.78 is 3.54. The van der Waals surface area contributed by atoms with Crippen LogP contribution in [0.3, 0.4) is 0 Å². The van der Waals surface area contributed by atoms with Crippen molar-refractivity contribution in [1.29, 1.82) is 0 Å². The molecule has 0 spiro atoms. The minimum Gasteiger partial charge on any atom is -0.391 e. The number of rotatable bonds is 11. The lowest BCUT2D eigenvalue weighted by Crippen LogP contribution is -2.25. The summed E-state index contributed by atoms with van der Waals surface area (Å²) in [5.41, 5.74) is 2.24. The van der Waals surface area contributed by atoms with Crippen LogP contribution in [0.4, 0.5) is 0 Å². The summed E-state index contributed by atoms with van der Waals surface area (Å²) >= 11 is 0. The zero-order valence-electron chi connectivity index (χ0n) is 23.0. The minimum absolute atomic E-state index is 0.255. The van der Waals surface area contributed by atoms with E-state index in [2.05, 4.69) is 20.2 Å². The van der Waals surface area contributed by atoms with E-state index < -0.39 is 12.2 Å². The van der Waals surface area contributed by atoms with E-state index in [4.69, 9.17) is 0 Å². The molecular formula is C28H40N6O2S2. The van der Waals surface area contributed by atoms with Crippen LogP contribution in [0.2, 0.25) is 0 Å². The summed E-state index contributed by atoms with van der Waals surface area (Å²) in [6.45, 7) is 11.5. The van der Waals surface area contributed by atoms with Crippen molar-refractivity contribution >= 4 is 21.6 Å². The maximum atomic E-state index is 10.5. The molecule has 4 atom stereocenters. The van der Waals surface area contributed by atoms with Crippen LogP contribution in [0.1, 0.15) is 64.8 Å². The van der Waals surface area contributed by atoms with Gasteiger partial charge in [-0.05, 0) is 59.4 Å². The zero-order valence-corrected chi connectivity index (χ0v) is 24.7. The molecular weight excluding hydrogens is 516 g/mol. The summed E-state index contributed by atoms with van der Waals surface area (Å²) in [5.74, 6) is 0. The molecule has 10 heteroatoms. The van der Waals surface area contributed by atoms with Gasteiger partial charge >= 0.3 is 0 Å². The van der Waals surface area contributed by atoms with Gasteiger partial charge in [-0.2, -0.15) is 10.2 Å². The van der Waals surface area contributed by atoms with E-state index in [1.165, 1.54) is 34.2 Å². The minimum atomic E-state index is -0.611. The van der Waals surface area contributed by atoms with Crippen molar-refractivity contribution in [2.24, 2.45) is 0 Å². The molecule has 0 amide bonds. The Morgan fingerprint density at radius 3 is 1.29 bits per heavy atom. The average molecular weight is 557 g/mol. The van der Waals surface area contributed by atoms with Crippen molar-refractivity contribution in [1.82, 2.24) is 29.5 Å². The molecule has 0 aliphatic rings. The lowest BCUT2D eigenvalue weighted by Gasteiger charge is -2.22. The van der Waals surface area contributed by atoms with E-state index in [0.717, 1.165) is 11.1 Å². The molecule has 2 heterocycles. The Morgan fingerprint density at radius 1 is 0.632 bits per heavy atom. The molecule has 8 nitrogen and oxygen atoms in total. The van der Waals surface area contributed by atoms with Gasteiger partial charge in [0, 0.05) is 0 Å². The molecule has 0 bridgehead atoms. The zero-order chi connectivity index (χ0) is 27.9. The monoisotopic (exact) mass is 556 g/mol. The lowest BCUT2D eigenvalue weighted by molar-refractivity contribution is 0.117. The summed E-state index contributed by atoms with van der Waals surface area (Å²) in [4.78, 5) is 8.83. The van der Waals surface area contributed by atoms with Gasteiger partial charge in [0.15, 0.2) is 10.3 Å². The topological polar surface area (TPSA) is 102 Å². The normalized spacial score (nSPS) is 13.8. The Morgan fingerprint density at radius 2 is 0.974 bits per heavy atom. The van der Waals surface area contributed by atoms with Crippen LogP contribution in [0.15, 0.2) is 83.6 Å². The number of nitrogens with zero attached hydrogens (tertiary/aromatic N) is 6. The van der Waals surface area contributed by atoms with E-state index in [-0.39, 0.29) is 12.1 Å². The third kappa shape index (κ3) is 8.97. The molecule has 0 aliphatic carbocycles. The summed E-state index contributed by atoms with van der Waals surface area (Å²) in [5, 5.41) is 31.1. The maximum Gasteiger partial charge on any atom is 0.197 e. The second-order valence-electron chi connectivity index (χ2n) is 8.14. The third-order valence-electron chi connectivity index (χ3n) is 5.59. The van der Waals surface area contributed by atoms with Crippen molar-refractivity contribution in [3.8, 4) is 0 Å². The van der Waals surface area contributed by atoms with Crippen LogP contribution < -0.4 is 0 Å². The first-order valence-electron chi connectivity index (χ1n) is 13.1. The first-order valence-corrected chi connectivity index (χ1v) is 15.3. The first kappa shape index (κ1) is 31.6. The van der Waals surface area contributed by atoms with Gasteiger partial charge in [-0.15, -0.1) is 0 Å². The van der Waals surface area contributed by atoms with Gasteiger partial charge in [-0.3, -0.25) is 0 Å². The number of benzene rings is 2. The molecule has 4 unspecified atom stereocenters. The van der Waals surface area contributed by atoms with Gasteiger partial charge in [-0.1, -0.05) is 88.4 Å². The second kappa shape index (κ2) is 17.0. The highest BCUT2D eigenvalue weighted by molar-refractivity contribution is 8.76. The Bertz CT molecular complexity index is 1060. The summed E-state index contributed by atoms with van der Waals surface area (Å²) in [6.07, 6.45) is 3.06. The number of aromatic nitrogens is 6. The average Bonchev–Trinajstić information content (AvgIpc) is 3.61. The molecule has 0 saturated heterocycles. The fourth-order valence-corrected chi connectivity index (χ4v) is 5.77. The molecule has 4 aromatic rings. The Labute approximate surface area is 234 Å². The molecule has 0 fully saturated rings. The van der Waals surface area contributed by atoms with Gasteiger partial charge in [-0.25, -0.2) is 19.3 Å². The van der Waals surface area contributed by atoms with E-state index in [9.17, 15) is 10.2 Å². The van der Waals surface area contributed by atoms with Gasteiger partial charge in [0.1, 0.15) is 12.7 Å². The van der Waals surface area contributed by atoms with E-state index in [1.807, 2.05) is 88.4 Å². The molecule has 2 aromatic heterocycles. The van der Waals surface area contributed by atoms with Crippen LogP contribution in [0, 0.1) is 0 Å². The number of aliphatic hydroxyl groups is 2. The van der Waals surface area contributed by atoms with Crippen molar-refractivity contribution in [2.75, 3.05) is 0 Å². The van der Waals surface area contributed by atoms with Crippen molar-refractivity contribution in [3.63, 3.8) is 0 Å². The molecule has 0 saturated carbocycles. The van der Waals surface area contributed by atoms with Gasteiger partial charge < -0.3 is 10.2 Å². The largest absolute Gasteiger partial charge is 0.391 e. The highest BCUT2D eigenvalue weighted by atomic mass is 33.1. The maximum absolute atomic E-state index is 10.5. The fourth-order valence-electron chi connectivity index (χ4n) is 3.76. The van der Waals surface area contributed by atoms with Crippen molar-refractivity contribution in [2.45, 2.75) is 89.0 Å². The number of hydrogen-bond acceptors (Lipinski definition) is 8. The van der Waals surface area contributed by atoms with Crippen LogP contribution in [0.25, 0.3) is 0 Å². The smallest absolute Gasteiger partial charge is 0.197 e. The quantitative estimate of drug-likeness (QED) is 0.215. The lowest BCUT2D eigenvalue weighted by atomic mass is 10.0. The van der Waals surface area contributed by atoms with Crippen LogP contribution in [-0.4, -0.2) is 51.9 Å². The predicted molar refractivity (Wildman–Crippen MR) is 156 cm³/mol. The van der Waals surface area contributed by atoms with E-state index in [1.54, 1.807) is 23.2 Å². The van der Waals surface area contributed by atoms with Crippen LogP contribution in [0.5, 0.6) is 0 Å². The highest BCUT2D eigenvalue weighted by Crippen LogP contribution is 2.38. The Kier molecular flexibility index (Phi) is 14.1. The van der Waals surface area contributed by atoms with Crippen molar-refractivity contribution in [3.05, 3.63) is 84.4 Å². The number of hydrogen-bond donors (Lipinski definition) is 2. The van der Waals surface area contributed by atoms with Gasteiger partial charge in [0.25, 0.3) is 0 Å². The molecule has 38 heavy (non-hydrogen) atoms. The summed E-state index contributed by atoms with van der Waals surface area (Å²) in [7, 11) is 2.81. The van der Waals surface area contributed by atoms with Crippen molar-refractivity contribution < 1.29 is 10.2 Å². The van der Waals surface area contributed by atoms with Gasteiger partial charge in [0.05, 0.1) is 24.3 Å². The second-order valence-corrected chi connectivity index (χ2v) is 10.2. The van der Waals surface area contributed by atoms with E-state index in [0.29, 0.717) is 23.2 Å². The highest BCUT2D eigenvalue weighted by Gasteiger charge is 2.25. The number of aliphatic hydroxyl groups excluding tert-OH is 2. The van der Waals surface area contributed by atoms with Gasteiger partial charge in [0.2, 0.25) is 0 Å². The summed E-state index contributed by atoms with van der Waals surface area (Å²) in [6, 6.07) is 19.6. The van der Waals surface area contributed by atoms with Crippen LogP contribution >= 0.6 is 21.6 Å². The first-order chi connectivity index (χ1) is 18.5. The molecule has 206 valence electrons. The van der Waals surface area contributed by atoms with E-state index >= 15 is 0 Å². The third-order valence-corrected chi connectivity index (χ3v) is 7.70.